The predicted octanol–water partition coefficient (Wildman–Crippen LogP) is 2.59. The molecule has 0 bridgehead atoms. The molecule has 0 aliphatic rings. The number of pyridine rings is 1. The van der Waals surface area contributed by atoms with E-state index in [2.05, 4.69) is 19.9 Å². The van der Waals surface area contributed by atoms with Crippen molar-refractivity contribution in [2.45, 2.75) is 13.0 Å². The molecule has 0 spiro atoms. The van der Waals surface area contributed by atoms with E-state index in [1.807, 2.05) is 6.07 Å². The number of halogens is 1. The normalized spacial score (nSPS) is 11.4. The number of aromatic amines is 1. The van der Waals surface area contributed by atoms with Crippen LogP contribution in [-0.2, 0) is 11.3 Å². The molecule has 0 aliphatic carbocycles. The maximum Gasteiger partial charge on any atom is 0.305 e. The molecule has 0 aliphatic heterocycles. The van der Waals surface area contributed by atoms with Gasteiger partial charge in [-0.05, 0) is 12.1 Å². The van der Waals surface area contributed by atoms with Gasteiger partial charge in [-0.1, -0.05) is 0 Å². The van der Waals surface area contributed by atoms with Crippen LogP contribution in [0.15, 0.2) is 36.9 Å². The molecule has 4 aromatic heterocycles. The molecule has 4 heterocycles. The maximum absolute atomic E-state index is 13.5. The van der Waals surface area contributed by atoms with Crippen molar-refractivity contribution >= 4 is 28.0 Å². The van der Waals surface area contributed by atoms with Gasteiger partial charge in [0.2, 0.25) is 0 Å². The van der Waals surface area contributed by atoms with Gasteiger partial charge in [0.25, 0.3) is 0 Å². The summed E-state index contributed by atoms with van der Waals surface area (Å²) in [6, 6.07) is 3.21. The van der Waals surface area contributed by atoms with E-state index in [-0.39, 0.29) is 6.42 Å². The number of H-pyrrole nitrogens is 1. The third kappa shape index (κ3) is 2.37. The Morgan fingerprint density at radius 2 is 2.21 bits per heavy atom. The van der Waals surface area contributed by atoms with E-state index in [1.165, 1.54) is 6.07 Å². The predicted molar refractivity (Wildman–Crippen MR) is 84.8 cm³/mol. The van der Waals surface area contributed by atoms with Crippen molar-refractivity contribution in [2.75, 3.05) is 0 Å². The Kier molecular flexibility index (Phi) is 3.23. The first-order valence-electron chi connectivity index (χ1n) is 7.28. The zero-order valence-corrected chi connectivity index (χ0v) is 12.4. The summed E-state index contributed by atoms with van der Waals surface area (Å²) < 4.78 is 15.2. The lowest BCUT2D eigenvalue weighted by Crippen LogP contribution is -2.04. The quantitative estimate of drug-likeness (QED) is 0.601. The van der Waals surface area contributed by atoms with Gasteiger partial charge in [0.05, 0.1) is 12.6 Å². The van der Waals surface area contributed by atoms with E-state index in [9.17, 15) is 9.18 Å². The number of aliphatic carboxylic acids is 1. The Balaban J connectivity index is 1.82. The van der Waals surface area contributed by atoms with Crippen LogP contribution in [0.25, 0.3) is 33.5 Å². The smallest absolute Gasteiger partial charge is 0.305 e. The van der Waals surface area contributed by atoms with Crippen molar-refractivity contribution in [1.29, 1.82) is 0 Å². The Hall–Kier alpha value is -3.29. The van der Waals surface area contributed by atoms with Crippen LogP contribution in [0, 0.1) is 5.82 Å². The number of nitrogens with one attached hydrogen (secondary N) is 1. The minimum absolute atomic E-state index is 0.00529. The molecular formula is C16H12FN5O2. The third-order valence-corrected chi connectivity index (χ3v) is 3.81. The Bertz CT molecular complexity index is 1070. The average molecular weight is 325 g/mol. The minimum atomic E-state index is -0.871. The van der Waals surface area contributed by atoms with Crippen molar-refractivity contribution in [1.82, 2.24) is 24.5 Å². The van der Waals surface area contributed by atoms with E-state index in [0.29, 0.717) is 34.6 Å². The highest BCUT2D eigenvalue weighted by Crippen LogP contribution is 2.26. The summed E-state index contributed by atoms with van der Waals surface area (Å²) in [6.07, 6.45) is 6.28. The van der Waals surface area contributed by atoms with Gasteiger partial charge in [0.1, 0.15) is 17.1 Å². The number of carboxylic acid groups (broad SMARTS) is 1. The Morgan fingerprint density at radius 1 is 1.33 bits per heavy atom. The van der Waals surface area contributed by atoms with Crippen LogP contribution in [0.1, 0.15) is 6.42 Å². The summed E-state index contributed by atoms with van der Waals surface area (Å²) in [7, 11) is 0. The van der Waals surface area contributed by atoms with Gasteiger partial charge in [-0.15, -0.1) is 0 Å². The van der Waals surface area contributed by atoms with E-state index in [0.717, 1.165) is 11.6 Å². The second-order valence-electron chi connectivity index (χ2n) is 5.38. The number of hydrogen-bond donors (Lipinski definition) is 2. The zero-order valence-electron chi connectivity index (χ0n) is 12.4. The molecule has 0 aromatic carbocycles. The second-order valence-corrected chi connectivity index (χ2v) is 5.38. The zero-order chi connectivity index (χ0) is 16.7. The summed E-state index contributed by atoms with van der Waals surface area (Å²) in [4.78, 5) is 26.6. The first kappa shape index (κ1) is 14.3. The van der Waals surface area contributed by atoms with Crippen LogP contribution in [0.2, 0.25) is 0 Å². The Morgan fingerprint density at radius 3 is 3.04 bits per heavy atom. The van der Waals surface area contributed by atoms with Crippen LogP contribution in [0.5, 0.6) is 0 Å². The topological polar surface area (TPSA) is 96.7 Å². The Labute approximate surface area is 134 Å². The number of carboxylic acids is 1. The highest BCUT2D eigenvalue weighted by molar-refractivity contribution is 5.92. The van der Waals surface area contributed by atoms with Gasteiger partial charge in [-0.2, -0.15) is 0 Å². The fourth-order valence-electron chi connectivity index (χ4n) is 2.66. The standard InChI is InChI=1S/C16H12FN5O2/c17-10-5-11-12(8-20-14(11)19-7-10)15-18-6-9-1-3-22(16(9)21-15)4-2-13(23)24/h1,3,5-8H,2,4H2,(H,19,20)(H,23,24). The van der Waals surface area contributed by atoms with Gasteiger partial charge in [0.15, 0.2) is 5.82 Å². The lowest BCUT2D eigenvalue weighted by atomic mass is 10.2. The molecule has 8 heteroatoms. The average Bonchev–Trinajstić information content (AvgIpc) is 3.15. The summed E-state index contributed by atoms with van der Waals surface area (Å²) in [5, 5.41) is 10.2. The van der Waals surface area contributed by atoms with Gasteiger partial charge in [-0.3, -0.25) is 4.79 Å². The monoisotopic (exact) mass is 325 g/mol. The van der Waals surface area contributed by atoms with Crippen LogP contribution in [0.4, 0.5) is 4.39 Å². The highest BCUT2D eigenvalue weighted by Gasteiger charge is 2.13. The van der Waals surface area contributed by atoms with Crippen LogP contribution >= 0.6 is 0 Å². The number of aryl methyl sites for hydroxylation is 1. The minimum Gasteiger partial charge on any atom is -0.481 e. The van der Waals surface area contributed by atoms with E-state index < -0.39 is 11.8 Å². The van der Waals surface area contributed by atoms with Gasteiger partial charge in [0, 0.05) is 41.5 Å². The molecule has 2 N–H and O–H groups in total. The van der Waals surface area contributed by atoms with Crippen LogP contribution in [-0.4, -0.2) is 35.6 Å². The molecular weight excluding hydrogens is 313 g/mol. The molecule has 0 unspecified atom stereocenters. The molecule has 0 saturated carbocycles. The highest BCUT2D eigenvalue weighted by atomic mass is 19.1. The van der Waals surface area contributed by atoms with Gasteiger partial charge >= 0.3 is 5.97 Å². The maximum atomic E-state index is 13.5. The molecule has 120 valence electrons. The molecule has 0 atom stereocenters. The second kappa shape index (κ2) is 5.41. The van der Waals surface area contributed by atoms with Crippen LogP contribution < -0.4 is 0 Å². The number of nitrogens with zero attached hydrogens (tertiary/aromatic N) is 4. The number of rotatable bonds is 4. The number of fused-ring (bicyclic) bond motifs is 2. The van der Waals surface area contributed by atoms with E-state index in [4.69, 9.17) is 5.11 Å². The molecule has 0 radical (unpaired) electrons. The third-order valence-electron chi connectivity index (χ3n) is 3.81. The van der Waals surface area contributed by atoms with Crippen molar-refractivity contribution in [2.24, 2.45) is 0 Å². The van der Waals surface area contributed by atoms with E-state index >= 15 is 0 Å². The molecule has 0 amide bonds. The number of carbonyl (C=O) groups is 1. The molecule has 7 nitrogen and oxygen atoms in total. The number of aromatic nitrogens is 5. The SMILES string of the molecule is O=C(O)CCn1ccc2cnc(-c3c[nH]c4ncc(F)cc34)nc21. The summed E-state index contributed by atoms with van der Waals surface area (Å²) in [6.45, 7) is 0.319. The van der Waals surface area contributed by atoms with Crippen molar-refractivity contribution in [3.8, 4) is 11.4 Å². The van der Waals surface area contributed by atoms with E-state index in [1.54, 1.807) is 23.2 Å². The molecule has 24 heavy (non-hydrogen) atoms. The molecule has 4 aromatic rings. The van der Waals surface area contributed by atoms with Crippen molar-refractivity contribution in [3.63, 3.8) is 0 Å². The van der Waals surface area contributed by atoms with Crippen LogP contribution in [0.3, 0.4) is 0 Å². The summed E-state index contributed by atoms with van der Waals surface area (Å²) in [5.41, 5.74) is 1.83. The molecule has 0 fully saturated rings. The van der Waals surface area contributed by atoms with Gasteiger partial charge in [-0.25, -0.2) is 19.3 Å². The lowest BCUT2D eigenvalue weighted by Gasteiger charge is -2.04. The summed E-state index contributed by atoms with van der Waals surface area (Å²) >= 11 is 0. The first-order valence-corrected chi connectivity index (χ1v) is 7.28. The van der Waals surface area contributed by atoms with Crippen molar-refractivity contribution < 1.29 is 14.3 Å². The molecule has 0 saturated heterocycles. The lowest BCUT2D eigenvalue weighted by molar-refractivity contribution is -0.137. The first-order chi connectivity index (χ1) is 11.6. The van der Waals surface area contributed by atoms with Crippen molar-refractivity contribution in [3.05, 3.63) is 42.7 Å². The largest absolute Gasteiger partial charge is 0.481 e. The molecule has 4 rings (SSSR count). The van der Waals surface area contributed by atoms with Gasteiger partial charge < -0.3 is 14.7 Å². The fraction of sp³-hybridized carbons (Fsp3) is 0.125. The summed E-state index contributed by atoms with van der Waals surface area (Å²) in [5.74, 6) is -0.880. The fourth-order valence-corrected chi connectivity index (χ4v) is 2.66. The number of hydrogen-bond acceptors (Lipinski definition) is 4.